The number of aliphatic hydroxyl groups excluding tert-OH is 1. The maximum atomic E-state index is 13.9. The summed E-state index contributed by atoms with van der Waals surface area (Å²) in [5.74, 6) is -4.07. The molecule has 2 amide bonds. The fourth-order valence-corrected chi connectivity index (χ4v) is 8.36. The molecule has 0 radical (unpaired) electrons. The standard InChI is InChI=1S/C25H25F4N3O3.C23H22F4N2O5S/c1-14-3-5-19-18(7-8-32(24(19)35)15(2)11-31-12-17(33)13-31)23(14)30-22(34)10-16-4-6-20(21(26)9-16)25(27,28)29;1-13-4-6-17-16(8-9-29(22(17)31)14(2)12-34-35(3,32)33)21(13)28-20(30)11-15-5-7-18(19(24)10-15)23(25,26)27/h3-9,15,17,33H,10-13H2,1-2H3,(H,30,34);4-10,14H,11-12H2,1-3H3,(H,28,30)/t15-;14-/m11/s1. The average molecular weight is 1010 g/mol. The van der Waals surface area contributed by atoms with Gasteiger partial charge in [0.15, 0.2) is 0 Å². The lowest BCUT2D eigenvalue weighted by molar-refractivity contribution is -0.140. The zero-order valence-corrected chi connectivity index (χ0v) is 39.0. The van der Waals surface area contributed by atoms with Crippen LogP contribution in [0.1, 0.15) is 59.3 Å². The predicted molar refractivity (Wildman–Crippen MR) is 246 cm³/mol. The number of alkyl halides is 6. The molecule has 0 unspecified atom stereocenters. The fourth-order valence-electron chi connectivity index (χ4n) is 7.92. The minimum atomic E-state index is -4.84. The molecule has 3 N–H and O–H groups in total. The van der Waals surface area contributed by atoms with Crippen LogP contribution in [0.15, 0.2) is 94.8 Å². The van der Waals surface area contributed by atoms with Crippen LogP contribution in [0.4, 0.5) is 46.5 Å². The number of rotatable bonds is 13. The second-order valence-electron chi connectivity index (χ2n) is 17.1. The Bertz CT molecular complexity index is 3210. The van der Waals surface area contributed by atoms with Gasteiger partial charge in [0.25, 0.3) is 21.2 Å². The molecule has 1 saturated heterocycles. The summed E-state index contributed by atoms with van der Waals surface area (Å²) in [6.45, 7) is 8.49. The summed E-state index contributed by atoms with van der Waals surface area (Å²) >= 11 is 0. The normalized spacial score (nSPS) is 14.4. The van der Waals surface area contributed by atoms with Crippen molar-refractivity contribution in [2.24, 2.45) is 0 Å². The molecule has 0 bridgehead atoms. The van der Waals surface area contributed by atoms with Gasteiger partial charge >= 0.3 is 12.4 Å². The molecule has 0 spiro atoms. The Hall–Kier alpha value is -6.49. The fraction of sp³-hybridized carbons (Fsp3) is 0.333. The van der Waals surface area contributed by atoms with E-state index in [9.17, 15) is 67.8 Å². The summed E-state index contributed by atoms with van der Waals surface area (Å²) in [6.07, 6.45) is -6.70. The number of hydrogen-bond acceptors (Lipinski definition) is 9. The van der Waals surface area contributed by atoms with Crippen molar-refractivity contribution in [3.05, 3.63) is 151 Å². The zero-order valence-electron chi connectivity index (χ0n) is 38.1. The van der Waals surface area contributed by atoms with Crippen LogP contribution in [0.25, 0.3) is 21.5 Å². The molecule has 1 aliphatic rings. The van der Waals surface area contributed by atoms with Crippen molar-refractivity contribution in [1.29, 1.82) is 0 Å². The molecule has 0 aliphatic carbocycles. The number of pyridine rings is 2. The molecule has 374 valence electrons. The first-order valence-corrected chi connectivity index (χ1v) is 23.3. The molecule has 0 saturated carbocycles. The van der Waals surface area contributed by atoms with Crippen molar-refractivity contribution in [3.63, 3.8) is 0 Å². The number of β-amino-alcohol motifs (C(OH)–C–C–N with tert-alkyl or cyclic N) is 1. The second kappa shape index (κ2) is 20.8. The van der Waals surface area contributed by atoms with E-state index >= 15 is 0 Å². The van der Waals surface area contributed by atoms with E-state index in [0.717, 1.165) is 18.4 Å². The topological polar surface area (TPSA) is 169 Å². The molecule has 6 aromatic rings. The highest BCUT2D eigenvalue weighted by molar-refractivity contribution is 7.85. The van der Waals surface area contributed by atoms with Gasteiger partial charge in [-0.1, -0.05) is 24.3 Å². The highest BCUT2D eigenvalue weighted by Gasteiger charge is 2.35. The third-order valence-electron chi connectivity index (χ3n) is 11.5. The molecular formula is C48H47F8N5O8S. The Morgan fingerprint density at radius 1 is 0.686 bits per heavy atom. The molecular weight excluding hydrogens is 959 g/mol. The van der Waals surface area contributed by atoms with Crippen LogP contribution in [0.3, 0.4) is 0 Å². The van der Waals surface area contributed by atoms with Crippen LogP contribution in [-0.2, 0) is 49.1 Å². The van der Waals surface area contributed by atoms with E-state index < -0.39 is 68.6 Å². The Morgan fingerprint density at radius 3 is 1.47 bits per heavy atom. The number of fused-ring (bicyclic) bond motifs is 2. The number of anilines is 2. The Balaban J connectivity index is 0.000000230. The smallest absolute Gasteiger partial charge is 0.390 e. The van der Waals surface area contributed by atoms with Gasteiger partial charge in [-0.2, -0.15) is 34.8 Å². The number of nitrogens with one attached hydrogen (secondary N) is 2. The first kappa shape index (κ1) is 52.9. The molecule has 1 aliphatic heterocycles. The summed E-state index contributed by atoms with van der Waals surface area (Å²) in [6, 6.07) is 13.8. The lowest BCUT2D eigenvalue weighted by Crippen LogP contribution is -2.52. The van der Waals surface area contributed by atoms with Crippen LogP contribution in [0.2, 0.25) is 0 Å². The van der Waals surface area contributed by atoms with Crippen molar-refractivity contribution in [1.82, 2.24) is 14.0 Å². The van der Waals surface area contributed by atoms with Gasteiger partial charge < -0.3 is 24.9 Å². The quantitative estimate of drug-likeness (QED) is 0.0766. The van der Waals surface area contributed by atoms with Crippen LogP contribution < -0.4 is 21.8 Å². The maximum absolute atomic E-state index is 13.9. The van der Waals surface area contributed by atoms with Gasteiger partial charge in [0.2, 0.25) is 11.8 Å². The molecule has 1 fully saturated rings. The van der Waals surface area contributed by atoms with Gasteiger partial charge in [0.05, 0.1) is 60.4 Å². The van der Waals surface area contributed by atoms with E-state index in [4.69, 9.17) is 4.18 Å². The van der Waals surface area contributed by atoms with Crippen LogP contribution in [-0.4, -0.2) is 78.0 Å². The number of aromatic nitrogens is 2. The van der Waals surface area contributed by atoms with E-state index in [2.05, 4.69) is 15.5 Å². The number of aryl methyl sites for hydroxylation is 2. The third-order valence-corrected chi connectivity index (χ3v) is 12.1. The number of halogens is 8. The zero-order chi connectivity index (χ0) is 51.6. The molecule has 22 heteroatoms. The van der Waals surface area contributed by atoms with Crippen molar-refractivity contribution in [2.45, 2.75) is 71.1 Å². The van der Waals surface area contributed by atoms with Crippen molar-refractivity contribution >= 4 is 54.9 Å². The summed E-state index contributed by atoms with van der Waals surface area (Å²) in [4.78, 5) is 53.5. The largest absolute Gasteiger partial charge is 0.419 e. The number of aliphatic hydroxyl groups is 1. The summed E-state index contributed by atoms with van der Waals surface area (Å²) in [7, 11) is -3.69. The van der Waals surface area contributed by atoms with E-state index in [-0.39, 0.29) is 53.7 Å². The van der Waals surface area contributed by atoms with Crippen molar-refractivity contribution < 1.29 is 62.4 Å². The monoisotopic (exact) mass is 1010 g/mol. The van der Waals surface area contributed by atoms with Crippen LogP contribution >= 0.6 is 0 Å². The van der Waals surface area contributed by atoms with E-state index in [1.807, 2.05) is 6.92 Å². The molecule has 7 rings (SSSR count). The molecule has 70 heavy (non-hydrogen) atoms. The van der Waals surface area contributed by atoms with Gasteiger partial charge in [-0.15, -0.1) is 0 Å². The van der Waals surface area contributed by atoms with E-state index in [1.54, 1.807) is 67.9 Å². The maximum Gasteiger partial charge on any atom is 0.419 e. The van der Waals surface area contributed by atoms with Crippen molar-refractivity contribution in [2.75, 3.05) is 43.1 Å². The average Bonchev–Trinajstić information content (AvgIpc) is 3.23. The number of carbonyl (C=O) groups excluding carboxylic acids is 2. The number of nitrogens with zero attached hydrogens (tertiary/aromatic N) is 3. The minimum absolute atomic E-state index is 0.0490. The van der Waals surface area contributed by atoms with Crippen LogP contribution in [0.5, 0.6) is 0 Å². The van der Waals surface area contributed by atoms with Gasteiger partial charge in [-0.3, -0.25) is 28.3 Å². The lowest BCUT2D eigenvalue weighted by atomic mass is 10.0. The molecule has 13 nitrogen and oxygen atoms in total. The SMILES string of the molecule is Cc1ccc2c(=O)n([C@H](C)CN3CC(O)C3)ccc2c1NC(=O)Cc1ccc(C(F)(F)F)c(F)c1.Cc1ccc2c(=O)n([C@H](C)COS(C)(=O)=O)ccc2c1NC(=O)Cc1ccc(C(F)(F)F)c(F)c1. The number of amides is 2. The molecule has 3 heterocycles. The Kier molecular flexibility index (Phi) is 15.7. The molecule has 4 aromatic carbocycles. The predicted octanol–water partition coefficient (Wildman–Crippen LogP) is 8.07. The summed E-state index contributed by atoms with van der Waals surface area (Å²) in [5.41, 5.74) is -1.26. The minimum Gasteiger partial charge on any atom is -0.390 e. The lowest BCUT2D eigenvalue weighted by Gasteiger charge is -2.37. The summed E-state index contributed by atoms with van der Waals surface area (Å²) in [5, 5.41) is 16.5. The number of hydrogen-bond donors (Lipinski definition) is 3. The first-order chi connectivity index (χ1) is 32.6. The molecule has 2 aromatic heterocycles. The highest BCUT2D eigenvalue weighted by atomic mass is 32.2. The van der Waals surface area contributed by atoms with Crippen molar-refractivity contribution in [3.8, 4) is 0 Å². The van der Waals surface area contributed by atoms with Gasteiger partial charge in [-0.05, 0) is 98.5 Å². The number of likely N-dealkylation sites (tertiary alicyclic amines) is 1. The van der Waals surface area contributed by atoms with E-state index in [0.29, 0.717) is 82.6 Å². The van der Waals surface area contributed by atoms with Crippen LogP contribution in [0, 0.1) is 25.5 Å². The third kappa shape index (κ3) is 12.6. The van der Waals surface area contributed by atoms with Gasteiger partial charge in [0, 0.05) is 59.6 Å². The highest BCUT2D eigenvalue weighted by Crippen LogP contribution is 2.34. The number of carbonyl (C=O) groups is 2. The second-order valence-corrected chi connectivity index (χ2v) is 18.8. The van der Waals surface area contributed by atoms with Gasteiger partial charge in [-0.25, -0.2) is 8.78 Å². The van der Waals surface area contributed by atoms with E-state index in [1.165, 1.54) is 10.8 Å². The summed E-state index contributed by atoms with van der Waals surface area (Å²) < 4.78 is 134. The Morgan fingerprint density at radius 2 is 1.10 bits per heavy atom. The van der Waals surface area contributed by atoms with Gasteiger partial charge in [0.1, 0.15) is 11.6 Å². The number of benzene rings is 4. The molecule has 2 atom stereocenters. The first-order valence-electron chi connectivity index (χ1n) is 21.5. The Labute approximate surface area is 395 Å².